The van der Waals surface area contributed by atoms with E-state index >= 15 is 0 Å². The molecule has 2 rings (SSSR count). The van der Waals surface area contributed by atoms with Crippen molar-refractivity contribution < 1.29 is 9.47 Å². The molecule has 1 unspecified atom stereocenters. The molecule has 2 heterocycles. The van der Waals surface area contributed by atoms with E-state index in [4.69, 9.17) is 9.47 Å². The molecule has 1 aromatic rings. The third-order valence-corrected chi connectivity index (χ3v) is 2.76. The number of ether oxygens (including phenoxy) is 2. The molecule has 0 radical (unpaired) electrons. The van der Waals surface area contributed by atoms with Crippen molar-refractivity contribution in [3.05, 3.63) is 60.3 Å². The highest BCUT2D eigenvalue weighted by Crippen LogP contribution is 2.33. The molecule has 0 spiro atoms. The highest BCUT2D eigenvalue weighted by molar-refractivity contribution is 5.34. The Labute approximate surface area is 113 Å². The summed E-state index contributed by atoms with van der Waals surface area (Å²) in [4.78, 5) is 4.37. The lowest BCUT2D eigenvalue weighted by Crippen LogP contribution is -2.20. The first-order chi connectivity index (χ1) is 9.26. The van der Waals surface area contributed by atoms with Crippen molar-refractivity contribution in [3.8, 4) is 5.75 Å². The minimum Gasteiger partial charge on any atom is -0.479 e. The van der Waals surface area contributed by atoms with Crippen LogP contribution in [0.4, 0.5) is 0 Å². The summed E-state index contributed by atoms with van der Waals surface area (Å²) in [5, 5.41) is 3.11. The molecular formula is C15H18N2O2. The van der Waals surface area contributed by atoms with E-state index in [2.05, 4.69) is 16.9 Å². The van der Waals surface area contributed by atoms with E-state index in [0.717, 1.165) is 11.4 Å². The van der Waals surface area contributed by atoms with Crippen molar-refractivity contribution in [2.75, 3.05) is 13.6 Å². The highest BCUT2D eigenvalue weighted by Gasteiger charge is 2.24. The Morgan fingerprint density at radius 1 is 1.53 bits per heavy atom. The smallest absolute Gasteiger partial charge is 0.158 e. The van der Waals surface area contributed by atoms with Gasteiger partial charge >= 0.3 is 0 Å². The molecule has 0 saturated carbocycles. The van der Waals surface area contributed by atoms with Crippen LogP contribution in [0.25, 0.3) is 0 Å². The van der Waals surface area contributed by atoms with Crippen molar-refractivity contribution in [2.45, 2.75) is 13.0 Å². The van der Waals surface area contributed by atoms with Crippen LogP contribution < -0.4 is 10.1 Å². The Morgan fingerprint density at radius 3 is 3.11 bits per heavy atom. The number of nitrogens with one attached hydrogen (secondary N) is 1. The van der Waals surface area contributed by atoms with E-state index in [1.165, 1.54) is 0 Å². The van der Waals surface area contributed by atoms with Crippen molar-refractivity contribution in [1.29, 1.82) is 0 Å². The summed E-state index contributed by atoms with van der Waals surface area (Å²) in [5.74, 6) is 2.14. The predicted octanol–water partition coefficient (Wildman–Crippen LogP) is 2.72. The number of hydrogen-bond acceptors (Lipinski definition) is 4. The minimum absolute atomic E-state index is 0.178. The van der Waals surface area contributed by atoms with E-state index in [1.54, 1.807) is 12.3 Å². The van der Waals surface area contributed by atoms with Crippen molar-refractivity contribution in [3.63, 3.8) is 0 Å². The first kappa shape index (κ1) is 13.4. The molecule has 0 bridgehead atoms. The van der Waals surface area contributed by atoms with Gasteiger partial charge in [0.2, 0.25) is 0 Å². The van der Waals surface area contributed by atoms with Crippen LogP contribution in [0.5, 0.6) is 5.75 Å². The predicted molar refractivity (Wildman–Crippen MR) is 74.7 cm³/mol. The zero-order chi connectivity index (χ0) is 13.7. The second-order valence-electron chi connectivity index (χ2n) is 4.17. The molecule has 1 aromatic heterocycles. The van der Waals surface area contributed by atoms with Crippen LogP contribution in [0, 0.1) is 0 Å². The van der Waals surface area contributed by atoms with Gasteiger partial charge in [0.05, 0.1) is 0 Å². The van der Waals surface area contributed by atoms with Crippen LogP contribution in [0.3, 0.4) is 0 Å². The lowest BCUT2D eigenvalue weighted by atomic mass is 10.2. The van der Waals surface area contributed by atoms with Crippen LogP contribution in [-0.4, -0.2) is 18.6 Å². The molecule has 4 heteroatoms. The summed E-state index contributed by atoms with van der Waals surface area (Å²) in [6.45, 7) is 6.19. The van der Waals surface area contributed by atoms with Gasteiger partial charge in [-0.1, -0.05) is 18.7 Å². The number of pyridine rings is 1. The van der Waals surface area contributed by atoms with Crippen LogP contribution in [0.2, 0.25) is 0 Å². The summed E-state index contributed by atoms with van der Waals surface area (Å²) < 4.78 is 11.8. The quantitative estimate of drug-likeness (QED) is 0.843. The second-order valence-corrected chi connectivity index (χ2v) is 4.17. The fourth-order valence-electron chi connectivity index (χ4n) is 1.87. The van der Waals surface area contributed by atoms with Gasteiger partial charge in [0.15, 0.2) is 17.6 Å². The molecular weight excluding hydrogens is 240 g/mol. The Morgan fingerprint density at radius 2 is 2.37 bits per heavy atom. The molecule has 0 fully saturated rings. The SMILES string of the molecule is C=C/C=C\C1=C(C)Oc2cccnc2C(CNC)O1. The normalized spacial score (nSPS) is 18.5. The van der Waals surface area contributed by atoms with Crippen LogP contribution >= 0.6 is 0 Å². The maximum absolute atomic E-state index is 5.99. The van der Waals surface area contributed by atoms with Gasteiger partial charge < -0.3 is 14.8 Å². The first-order valence-corrected chi connectivity index (χ1v) is 6.20. The molecule has 1 aliphatic heterocycles. The van der Waals surface area contributed by atoms with Gasteiger partial charge in [-0.3, -0.25) is 4.98 Å². The molecule has 0 aliphatic carbocycles. The lowest BCUT2D eigenvalue weighted by Gasteiger charge is -2.17. The maximum atomic E-state index is 5.99. The molecule has 1 N–H and O–H groups in total. The largest absolute Gasteiger partial charge is 0.479 e. The van der Waals surface area contributed by atoms with Gasteiger partial charge in [0.1, 0.15) is 11.5 Å². The monoisotopic (exact) mass is 258 g/mol. The van der Waals surface area contributed by atoms with Gasteiger partial charge in [-0.05, 0) is 32.2 Å². The van der Waals surface area contributed by atoms with E-state index in [-0.39, 0.29) is 6.10 Å². The van der Waals surface area contributed by atoms with E-state index in [0.29, 0.717) is 18.1 Å². The molecule has 0 amide bonds. The van der Waals surface area contributed by atoms with Crippen LogP contribution in [-0.2, 0) is 4.74 Å². The molecule has 0 saturated heterocycles. The third-order valence-electron chi connectivity index (χ3n) is 2.76. The number of likely N-dealkylation sites (N-methyl/N-ethyl adjacent to an activating group) is 1. The topological polar surface area (TPSA) is 43.4 Å². The Hall–Kier alpha value is -2.07. The molecule has 100 valence electrons. The average molecular weight is 258 g/mol. The summed E-state index contributed by atoms with van der Waals surface area (Å²) >= 11 is 0. The molecule has 1 aliphatic rings. The van der Waals surface area contributed by atoms with Gasteiger partial charge in [0.25, 0.3) is 0 Å². The molecule has 19 heavy (non-hydrogen) atoms. The van der Waals surface area contributed by atoms with Crippen molar-refractivity contribution >= 4 is 0 Å². The van der Waals surface area contributed by atoms with Crippen LogP contribution in [0.1, 0.15) is 18.7 Å². The molecule has 0 aromatic carbocycles. The fraction of sp³-hybridized carbons (Fsp3) is 0.267. The van der Waals surface area contributed by atoms with E-state index in [9.17, 15) is 0 Å². The van der Waals surface area contributed by atoms with Crippen molar-refractivity contribution in [1.82, 2.24) is 10.3 Å². The summed E-state index contributed by atoms with van der Waals surface area (Å²) in [6.07, 6.45) is 6.93. The molecule has 4 nitrogen and oxygen atoms in total. The Kier molecular flexibility index (Phi) is 4.36. The van der Waals surface area contributed by atoms with Crippen molar-refractivity contribution in [2.24, 2.45) is 0 Å². The average Bonchev–Trinajstić information content (AvgIpc) is 2.55. The Bertz CT molecular complexity index is 521. The number of hydrogen-bond donors (Lipinski definition) is 1. The summed E-state index contributed by atoms with van der Waals surface area (Å²) in [7, 11) is 1.88. The van der Waals surface area contributed by atoms with E-state index in [1.807, 2.05) is 38.3 Å². The highest BCUT2D eigenvalue weighted by atomic mass is 16.5. The number of allylic oxidation sites excluding steroid dienone is 4. The van der Waals surface area contributed by atoms with Gasteiger partial charge in [0, 0.05) is 12.7 Å². The third kappa shape index (κ3) is 3.03. The lowest BCUT2D eigenvalue weighted by molar-refractivity contribution is 0.122. The first-order valence-electron chi connectivity index (χ1n) is 6.20. The number of nitrogens with zero attached hydrogens (tertiary/aromatic N) is 1. The van der Waals surface area contributed by atoms with E-state index < -0.39 is 0 Å². The standard InChI is InChI=1S/C15H18N2O2/c1-4-5-7-12-11(2)18-13-8-6-9-17-15(13)14(19-12)10-16-3/h4-9,14,16H,1,10H2,2-3H3/b7-5-. The number of aromatic nitrogens is 1. The van der Waals surface area contributed by atoms with Gasteiger partial charge in [-0.15, -0.1) is 0 Å². The zero-order valence-corrected chi connectivity index (χ0v) is 11.2. The minimum atomic E-state index is -0.178. The zero-order valence-electron chi connectivity index (χ0n) is 11.2. The fourth-order valence-corrected chi connectivity index (χ4v) is 1.87. The molecule has 1 atom stereocenters. The summed E-state index contributed by atoms with van der Waals surface area (Å²) in [6, 6.07) is 3.76. The number of fused-ring (bicyclic) bond motifs is 1. The van der Waals surface area contributed by atoms with Gasteiger partial charge in [-0.25, -0.2) is 0 Å². The van der Waals surface area contributed by atoms with Crippen LogP contribution in [0.15, 0.2) is 54.7 Å². The van der Waals surface area contributed by atoms with Gasteiger partial charge in [-0.2, -0.15) is 0 Å². The Balaban J connectivity index is 2.39. The second kappa shape index (κ2) is 6.20. The number of rotatable bonds is 4. The summed E-state index contributed by atoms with van der Waals surface area (Å²) in [5.41, 5.74) is 0.804. The maximum Gasteiger partial charge on any atom is 0.158 e.